The SMILES string of the molecule is Cc1ccccc1-n1c(C)cc(C=C2C(=N)N3N=C(COc4ccccc4)SC3=NC2=O)c1C. The largest absolute Gasteiger partial charge is 0.487 e. The number of hydrogen-bond donors (Lipinski definition) is 1. The number of amidine groups is 2. The maximum Gasteiger partial charge on any atom is 0.283 e. The molecule has 0 spiro atoms. The summed E-state index contributed by atoms with van der Waals surface area (Å²) >= 11 is 1.25. The van der Waals surface area contributed by atoms with Crippen molar-refractivity contribution < 1.29 is 9.53 Å². The molecule has 34 heavy (non-hydrogen) atoms. The summed E-state index contributed by atoms with van der Waals surface area (Å²) in [6, 6.07) is 19.6. The molecule has 0 saturated carbocycles. The third-order valence-electron chi connectivity index (χ3n) is 5.73. The number of amides is 1. The minimum atomic E-state index is -0.440. The smallest absolute Gasteiger partial charge is 0.283 e. The number of aliphatic imine (C=N–C) groups is 1. The van der Waals surface area contributed by atoms with Crippen LogP contribution < -0.4 is 4.74 Å². The lowest BCUT2D eigenvalue weighted by atomic mass is 10.1. The van der Waals surface area contributed by atoms with Crippen molar-refractivity contribution in [2.24, 2.45) is 10.1 Å². The number of aromatic nitrogens is 1. The Balaban J connectivity index is 1.42. The number of hydrogen-bond acceptors (Lipinski definition) is 5. The van der Waals surface area contributed by atoms with Crippen LogP contribution >= 0.6 is 11.8 Å². The molecule has 3 aromatic rings. The van der Waals surface area contributed by atoms with Crippen molar-refractivity contribution in [1.29, 1.82) is 5.41 Å². The Morgan fingerprint density at radius 1 is 1.06 bits per heavy atom. The third kappa shape index (κ3) is 3.97. The minimum Gasteiger partial charge on any atom is -0.487 e. The second-order valence-corrected chi connectivity index (χ2v) is 9.10. The molecule has 1 N–H and O–H groups in total. The highest BCUT2D eigenvalue weighted by molar-refractivity contribution is 8.27. The van der Waals surface area contributed by atoms with E-state index < -0.39 is 5.91 Å². The van der Waals surface area contributed by atoms with E-state index in [2.05, 4.69) is 33.7 Å². The first-order valence-corrected chi connectivity index (χ1v) is 11.7. The Morgan fingerprint density at radius 2 is 1.79 bits per heavy atom. The topological polar surface area (TPSA) is 83.0 Å². The van der Waals surface area contributed by atoms with Crippen LogP contribution in [0, 0.1) is 26.2 Å². The lowest BCUT2D eigenvalue weighted by Crippen LogP contribution is -2.35. The van der Waals surface area contributed by atoms with Gasteiger partial charge in [0.25, 0.3) is 5.91 Å². The van der Waals surface area contributed by atoms with Crippen molar-refractivity contribution in [2.45, 2.75) is 20.8 Å². The second-order valence-electron chi connectivity index (χ2n) is 8.06. The second kappa shape index (κ2) is 8.79. The highest BCUT2D eigenvalue weighted by Crippen LogP contribution is 2.30. The van der Waals surface area contributed by atoms with E-state index in [9.17, 15) is 4.79 Å². The van der Waals surface area contributed by atoms with Gasteiger partial charge in [0.1, 0.15) is 17.4 Å². The van der Waals surface area contributed by atoms with Crippen LogP contribution in [-0.2, 0) is 4.79 Å². The van der Waals surface area contributed by atoms with Gasteiger partial charge >= 0.3 is 0 Å². The zero-order chi connectivity index (χ0) is 23.8. The van der Waals surface area contributed by atoms with E-state index in [0.29, 0.717) is 10.2 Å². The molecule has 7 nitrogen and oxygen atoms in total. The van der Waals surface area contributed by atoms with Crippen LogP contribution in [0.25, 0.3) is 11.8 Å². The summed E-state index contributed by atoms with van der Waals surface area (Å²) < 4.78 is 7.92. The number of thioether (sulfide) groups is 1. The molecule has 0 unspecified atom stereocenters. The van der Waals surface area contributed by atoms with Crippen molar-refractivity contribution in [2.75, 3.05) is 6.61 Å². The molecular weight excluding hydrogens is 446 g/mol. The van der Waals surface area contributed by atoms with Gasteiger partial charge in [0.2, 0.25) is 5.17 Å². The van der Waals surface area contributed by atoms with E-state index in [1.807, 2.05) is 62.4 Å². The first-order valence-electron chi connectivity index (χ1n) is 10.8. The number of benzene rings is 2. The Labute approximate surface area is 202 Å². The number of hydrazone groups is 1. The van der Waals surface area contributed by atoms with Crippen LogP contribution in [0.2, 0.25) is 0 Å². The molecule has 8 heteroatoms. The molecule has 1 aromatic heterocycles. The zero-order valence-corrected chi connectivity index (χ0v) is 19.9. The van der Waals surface area contributed by atoms with E-state index in [0.717, 1.165) is 34.0 Å². The minimum absolute atomic E-state index is 0.0119. The number of para-hydroxylation sites is 2. The summed E-state index contributed by atoms with van der Waals surface area (Å²) in [6.45, 7) is 6.36. The van der Waals surface area contributed by atoms with Gasteiger partial charge in [0.05, 0.1) is 5.57 Å². The van der Waals surface area contributed by atoms with Crippen LogP contribution in [-0.4, -0.2) is 38.1 Å². The average molecular weight is 470 g/mol. The Kier molecular flexibility index (Phi) is 5.67. The number of carbonyl (C=O) groups excluding carboxylic acids is 1. The molecule has 170 valence electrons. The van der Waals surface area contributed by atoms with Crippen molar-refractivity contribution in [1.82, 2.24) is 9.58 Å². The van der Waals surface area contributed by atoms with Gasteiger partial charge in [-0.3, -0.25) is 10.2 Å². The lowest BCUT2D eigenvalue weighted by molar-refractivity contribution is -0.114. The molecule has 0 saturated heterocycles. The lowest BCUT2D eigenvalue weighted by Gasteiger charge is -2.20. The number of carbonyl (C=O) groups is 1. The highest BCUT2D eigenvalue weighted by atomic mass is 32.2. The fraction of sp³-hybridized carbons (Fsp3) is 0.154. The molecule has 2 aliphatic heterocycles. The van der Waals surface area contributed by atoms with Crippen LogP contribution in [0.5, 0.6) is 5.75 Å². The predicted molar refractivity (Wildman–Crippen MR) is 137 cm³/mol. The molecule has 3 heterocycles. The van der Waals surface area contributed by atoms with Gasteiger partial charge in [-0.15, -0.1) is 0 Å². The molecule has 0 radical (unpaired) electrons. The van der Waals surface area contributed by atoms with Gasteiger partial charge in [0.15, 0.2) is 5.84 Å². The number of aryl methyl sites for hydroxylation is 2. The van der Waals surface area contributed by atoms with Crippen LogP contribution in [0.4, 0.5) is 0 Å². The molecule has 2 aliphatic rings. The van der Waals surface area contributed by atoms with Gasteiger partial charge in [-0.25, -0.2) is 0 Å². The van der Waals surface area contributed by atoms with Gasteiger partial charge in [0, 0.05) is 17.1 Å². The van der Waals surface area contributed by atoms with Crippen molar-refractivity contribution in [3.8, 4) is 11.4 Å². The van der Waals surface area contributed by atoms with E-state index in [-0.39, 0.29) is 18.0 Å². The summed E-state index contributed by atoms with van der Waals surface area (Å²) in [7, 11) is 0. The molecule has 0 atom stereocenters. The zero-order valence-electron chi connectivity index (χ0n) is 19.1. The fourth-order valence-electron chi connectivity index (χ4n) is 4.03. The number of fused-ring (bicyclic) bond motifs is 1. The van der Waals surface area contributed by atoms with Crippen LogP contribution in [0.3, 0.4) is 0 Å². The summed E-state index contributed by atoms with van der Waals surface area (Å²) in [5.41, 5.74) is 5.38. The summed E-state index contributed by atoms with van der Waals surface area (Å²) in [5, 5.41) is 15.5. The van der Waals surface area contributed by atoms with Crippen LogP contribution in [0.15, 0.2) is 76.3 Å². The Hall–Kier alpha value is -3.91. The fourth-order valence-corrected chi connectivity index (χ4v) is 4.82. The quantitative estimate of drug-likeness (QED) is 0.527. The average Bonchev–Trinajstić information content (AvgIpc) is 3.36. The molecule has 0 aliphatic carbocycles. The summed E-state index contributed by atoms with van der Waals surface area (Å²) in [6.07, 6.45) is 1.74. The van der Waals surface area contributed by atoms with Crippen molar-refractivity contribution >= 4 is 39.8 Å². The third-order valence-corrected chi connectivity index (χ3v) is 6.61. The molecule has 0 fully saturated rings. The monoisotopic (exact) mass is 469 g/mol. The Morgan fingerprint density at radius 3 is 2.56 bits per heavy atom. The summed E-state index contributed by atoms with van der Waals surface area (Å²) in [4.78, 5) is 17.0. The van der Waals surface area contributed by atoms with Gasteiger partial charge < -0.3 is 9.30 Å². The number of ether oxygens (including phenoxy) is 1. The van der Waals surface area contributed by atoms with Gasteiger partial charge in [-0.1, -0.05) is 36.4 Å². The van der Waals surface area contributed by atoms with Crippen molar-refractivity contribution in [3.63, 3.8) is 0 Å². The normalized spacial score (nSPS) is 16.6. The number of nitrogens with one attached hydrogen (secondary N) is 1. The molecular formula is C26H23N5O2S. The van der Waals surface area contributed by atoms with Crippen LogP contribution in [0.1, 0.15) is 22.5 Å². The standard InChI is InChI=1S/C26H23N5O2S/c1-16-9-7-8-12-22(16)30-17(2)13-19(18(30)3)14-21-24(27)31-26(28-25(21)32)34-23(29-31)15-33-20-10-5-4-6-11-20/h4-14,27H,15H2,1-3H3. The first-order chi connectivity index (χ1) is 16.4. The predicted octanol–water partition coefficient (Wildman–Crippen LogP) is 5.10. The number of rotatable bonds is 5. The molecule has 1 amide bonds. The number of nitrogens with zero attached hydrogens (tertiary/aromatic N) is 4. The van der Waals surface area contributed by atoms with E-state index in [1.54, 1.807) is 6.08 Å². The molecule has 5 rings (SSSR count). The van der Waals surface area contributed by atoms with E-state index >= 15 is 0 Å². The first kappa shape index (κ1) is 21.9. The van der Waals surface area contributed by atoms with Gasteiger partial charge in [-0.05, 0) is 74.0 Å². The van der Waals surface area contributed by atoms with E-state index in [1.165, 1.54) is 16.8 Å². The van der Waals surface area contributed by atoms with Crippen molar-refractivity contribution in [3.05, 3.63) is 88.8 Å². The maximum atomic E-state index is 12.8. The maximum absolute atomic E-state index is 12.8. The van der Waals surface area contributed by atoms with E-state index in [4.69, 9.17) is 10.1 Å². The Bertz CT molecular complexity index is 1400. The summed E-state index contributed by atoms with van der Waals surface area (Å²) in [5.74, 6) is 0.302. The molecule has 2 aromatic carbocycles. The van der Waals surface area contributed by atoms with Gasteiger partial charge in [-0.2, -0.15) is 15.1 Å². The molecule has 0 bridgehead atoms. The highest BCUT2D eigenvalue weighted by Gasteiger charge is 2.36.